The number of carbonyl (C=O) groups excluding carboxylic acids is 1. The normalized spacial score (nSPS) is 12.1. The van der Waals surface area contributed by atoms with Gasteiger partial charge in [0.25, 0.3) is 5.91 Å². The third kappa shape index (κ3) is 2.87. The Labute approximate surface area is 94.8 Å². The highest BCUT2D eigenvalue weighted by Gasteiger charge is 2.11. The average Bonchev–Trinajstić information content (AvgIpc) is 2.26. The van der Waals surface area contributed by atoms with Gasteiger partial charge in [0.15, 0.2) is 0 Å². The first-order valence-electron chi connectivity index (χ1n) is 5.01. The lowest BCUT2D eigenvalue weighted by molar-refractivity contribution is 0.100. The molecule has 0 fully saturated rings. The minimum atomic E-state index is -0.500. The van der Waals surface area contributed by atoms with Crippen molar-refractivity contribution in [1.82, 2.24) is 0 Å². The number of anilines is 2. The van der Waals surface area contributed by atoms with Crippen LogP contribution in [-0.4, -0.2) is 25.7 Å². The number of methoxy groups -OCH3 is 1. The lowest BCUT2D eigenvalue weighted by Crippen LogP contribution is -2.21. The molecule has 0 aliphatic carbocycles. The molecule has 1 aromatic rings. The van der Waals surface area contributed by atoms with Gasteiger partial charge in [-0.1, -0.05) is 6.07 Å². The van der Waals surface area contributed by atoms with Crippen LogP contribution < -0.4 is 16.8 Å². The zero-order valence-corrected chi connectivity index (χ0v) is 9.49. The van der Waals surface area contributed by atoms with E-state index in [2.05, 4.69) is 5.32 Å². The average molecular weight is 223 g/mol. The highest BCUT2D eigenvalue weighted by Crippen LogP contribution is 2.22. The first-order valence-corrected chi connectivity index (χ1v) is 5.01. The highest BCUT2D eigenvalue weighted by molar-refractivity contribution is 6.01. The van der Waals surface area contributed by atoms with Crippen LogP contribution in [0.5, 0.6) is 0 Å². The van der Waals surface area contributed by atoms with Gasteiger partial charge in [-0.15, -0.1) is 0 Å². The molecule has 5 N–H and O–H groups in total. The van der Waals surface area contributed by atoms with Crippen LogP contribution in [0.3, 0.4) is 0 Å². The van der Waals surface area contributed by atoms with E-state index in [1.54, 1.807) is 25.3 Å². The van der Waals surface area contributed by atoms with E-state index in [-0.39, 0.29) is 6.10 Å². The maximum Gasteiger partial charge on any atom is 0.250 e. The number of nitrogens with one attached hydrogen (secondary N) is 1. The van der Waals surface area contributed by atoms with Crippen LogP contribution in [-0.2, 0) is 4.74 Å². The summed E-state index contributed by atoms with van der Waals surface area (Å²) in [6.45, 7) is 2.47. The van der Waals surface area contributed by atoms with E-state index in [4.69, 9.17) is 16.2 Å². The standard InChI is InChI=1S/C11H17N3O2/c1-7(16-2)6-14-10-8(11(13)15)4-3-5-9(10)12/h3-5,7,14H,6,12H2,1-2H3,(H2,13,15). The molecule has 0 aromatic heterocycles. The zero-order valence-electron chi connectivity index (χ0n) is 9.49. The molecule has 0 aliphatic rings. The predicted molar refractivity (Wildman–Crippen MR) is 64.3 cm³/mol. The molecule has 0 saturated heterocycles. The Hall–Kier alpha value is -1.75. The fourth-order valence-electron chi connectivity index (χ4n) is 1.30. The Morgan fingerprint density at radius 3 is 2.81 bits per heavy atom. The van der Waals surface area contributed by atoms with Gasteiger partial charge in [0.1, 0.15) is 0 Å². The SMILES string of the molecule is COC(C)CNc1c(N)cccc1C(N)=O. The van der Waals surface area contributed by atoms with Crippen LogP contribution in [0.1, 0.15) is 17.3 Å². The van der Waals surface area contributed by atoms with Crippen LogP contribution in [0.15, 0.2) is 18.2 Å². The Bertz CT molecular complexity index is 379. The molecule has 0 aliphatic heterocycles. The number of ether oxygens (including phenoxy) is 1. The molecule has 1 aromatic carbocycles. The van der Waals surface area contributed by atoms with Crippen LogP contribution in [0, 0.1) is 0 Å². The predicted octanol–water partition coefficient (Wildman–Crippen LogP) is 0.814. The van der Waals surface area contributed by atoms with Crippen LogP contribution in [0.4, 0.5) is 11.4 Å². The lowest BCUT2D eigenvalue weighted by atomic mass is 10.1. The largest absolute Gasteiger partial charge is 0.397 e. The van der Waals surface area contributed by atoms with E-state index >= 15 is 0 Å². The fourth-order valence-corrected chi connectivity index (χ4v) is 1.30. The smallest absolute Gasteiger partial charge is 0.250 e. The Balaban J connectivity index is 2.88. The van der Waals surface area contributed by atoms with Crippen LogP contribution in [0.2, 0.25) is 0 Å². The molecule has 1 unspecified atom stereocenters. The number of rotatable bonds is 5. The number of primary amides is 1. The molecule has 0 spiro atoms. The van der Waals surface area contributed by atoms with Crippen LogP contribution in [0.25, 0.3) is 0 Å². The van der Waals surface area contributed by atoms with Crippen molar-refractivity contribution in [2.75, 3.05) is 24.7 Å². The molecule has 0 bridgehead atoms. The summed E-state index contributed by atoms with van der Waals surface area (Å²) in [4.78, 5) is 11.2. The van der Waals surface area contributed by atoms with Gasteiger partial charge in [0, 0.05) is 13.7 Å². The lowest BCUT2D eigenvalue weighted by Gasteiger charge is -2.15. The second kappa shape index (κ2) is 5.37. The van der Waals surface area contributed by atoms with Gasteiger partial charge in [-0.05, 0) is 19.1 Å². The first kappa shape index (κ1) is 12.3. The number of nitrogen functional groups attached to an aromatic ring is 1. The quantitative estimate of drug-likeness (QED) is 0.644. The topological polar surface area (TPSA) is 90.4 Å². The zero-order chi connectivity index (χ0) is 12.1. The first-order chi connectivity index (χ1) is 7.56. The molecule has 0 heterocycles. The highest BCUT2D eigenvalue weighted by atomic mass is 16.5. The van der Waals surface area contributed by atoms with Crippen LogP contribution >= 0.6 is 0 Å². The molecule has 1 atom stereocenters. The maximum atomic E-state index is 11.2. The summed E-state index contributed by atoms with van der Waals surface area (Å²) in [5.74, 6) is -0.500. The van der Waals surface area contributed by atoms with E-state index in [0.29, 0.717) is 23.5 Å². The molecule has 1 amide bonds. The molecule has 0 radical (unpaired) electrons. The van der Waals surface area contributed by atoms with Gasteiger partial charge in [0.05, 0.1) is 23.0 Å². The Morgan fingerprint density at radius 2 is 2.25 bits per heavy atom. The van der Waals surface area contributed by atoms with E-state index in [1.807, 2.05) is 6.92 Å². The van der Waals surface area contributed by atoms with Crippen molar-refractivity contribution in [3.8, 4) is 0 Å². The molecule has 0 saturated carbocycles. The Kier molecular flexibility index (Phi) is 4.13. The van der Waals surface area contributed by atoms with Crippen molar-refractivity contribution in [3.05, 3.63) is 23.8 Å². The second-order valence-corrected chi connectivity index (χ2v) is 3.56. The molecular formula is C11H17N3O2. The second-order valence-electron chi connectivity index (χ2n) is 3.56. The molecule has 16 heavy (non-hydrogen) atoms. The van der Waals surface area contributed by atoms with E-state index in [0.717, 1.165) is 0 Å². The minimum Gasteiger partial charge on any atom is -0.397 e. The molecule has 5 nitrogen and oxygen atoms in total. The van der Waals surface area contributed by atoms with Crippen molar-refractivity contribution >= 4 is 17.3 Å². The number of carbonyl (C=O) groups is 1. The van der Waals surface area contributed by atoms with Gasteiger partial charge >= 0.3 is 0 Å². The fraction of sp³-hybridized carbons (Fsp3) is 0.364. The number of hydrogen-bond donors (Lipinski definition) is 3. The molecule has 5 heteroatoms. The summed E-state index contributed by atoms with van der Waals surface area (Å²) in [7, 11) is 1.62. The van der Waals surface area contributed by atoms with Gasteiger partial charge in [0.2, 0.25) is 0 Å². The summed E-state index contributed by atoms with van der Waals surface area (Å²) in [5.41, 5.74) is 12.5. The third-order valence-corrected chi connectivity index (χ3v) is 2.33. The molecular weight excluding hydrogens is 206 g/mol. The van der Waals surface area contributed by atoms with Crippen molar-refractivity contribution in [3.63, 3.8) is 0 Å². The van der Waals surface area contributed by atoms with Gasteiger partial charge in [-0.3, -0.25) is 4.79 Å². The van der Waals surface area contributed by atoms with Crippen molar-refractivity contribution < 1.29 is 9.53 Å². The maximum absolute atomic E-state index is 11.2. The minimum absolute atomic E-state index is 0.0281. The number of benzene rings is 1. The Morgan fingerprint density at radius 1 is 1.56 bits per heavy atom. The summed E-state index contributed by atoms with van der Waals surface area (Å²) >= 11 is 0. The van der Waals surface area contributed by atoms with Gasteiger partial charge in [-0.2, -0.15) is 0 Å². The van der Waals surface area contributed by atoms with E-state index in [9.17, 15) is 4.79 Å². The summed E-state index contributed by atoms with van der Waals surface area (Å²) in [6.07, 6.45) is 0.0281. The molecule has 1 rings (SSSR count). The monoisotopic (exact) mass is 223 g/mol. The van der Waals surface area contributed by atoms with Crippen molar-refractivity contribution in [2.45, 2.75) is 13.0 Å². The summed E-state index contributed by atoms with van der Waals surface area (Å²) in [5, 5.41) is 3.06. The molecule has 88 valence electrons. The summed E-state index contributed by atoms with van der Waals surface area (Å²) < 4.78 is 5.09. The van der Waals surface area contributed by atoms with E-state index in [1.165, 1.54) is 0 Å². The number of para-hydroxylation sites is 1. The third-order valence-electron chi connectivity index (χ3n) is 2.33. The van der Waals surface area contributed by atoms with Crippen molar-refractivity contribution in [2.24, 2.45) is 5.73 Å². The van der Waals surface area contributed by atoms with Gasteiger partial charge < -0.3 is 21.5 Å². The number of nitrogens with two attached hydrogens (primary N) is 2. The van der Waals surface area contributed by atoms with Gasteiger partial charge in [-0.25, -0.2) is 0 Å². The summed E-state index contributed by atoms with van der Waals surface area (Å²) in [6, 6.07) is 5.05. The number of amides is 1. The van der Waals surface area contributed by atoms with Crippen molar-refractivity contribution in [1.29, 1.82) is 0 Å². The number of hydrogen-bond acceptors (Lipinski definition) is 4. The van der Waals surface area contributed by atoms with E-state index < -0.39 is 5.91 Å².